The number of methoxy groups -OCH3 is 2. The van der Waals surface area contributed by atoms with E-state index in [2.05, 4.69) is 5.32 Å². The van der Waals surface area contributed by atoms with E-state index < -0.39 is 6.04 Å². The summed E-state index contributed by atoms with van der Waals surface area (Å²) >= 11 is 6.06. The Morgan fingerprint density at radius 1 is 1.00 bits per heavy atom. The molecule has 2 aromatic carbocycles. The van der Waals surface area contributed by atoms with E-state index >= 15 is 0 Å². The molecule has 0 radical (unpaired) electrons. The van der Waals surface area contributed by atoms with Crippen molar-refractivity contribution in [2.45, 2.75) is 64.1 Å². The molecule has 0 bridgehead atoms. The maximum absolute atomic E-state index is 13.9. The molecule has 36 heavy (non-hydrogen) atoms. The maximum atomic E-state index is 13.9. The number of alkyl halides is 1. The van der Waals surface area contributed by atoms with Crippen molar-refractivity contribution < 1.29 is 23.8 Å². The van der Waals surface area contributed by atoms with Crippen molar-refractivity contribution in [3.05, 3.63) is 53.6 Å². The van der Waals surface area contributed by atoms with Crippen molar-refractivity contribution in [3.8, 4) is 17.2 Å². The Morgan fingerprint density at radius 3 is 2.33 bits per heavy atom. The predicted molar refractivity (Wildman–Crippen MR) is 141 cm³/mol. The van der Waals surface area contributed by atoms with Crippen LogP contribution in [0.15, 0.2) is 42.5 Å². The number of para-hydroxylation sites is 1. The number of nitrogens with zero attached hydrogens (tertiary/aromatic N) is 1. The third-order valence-corrected chi connectivity index (χ3v) is 6.76. The number of rotatable bonds is 11. The Balaban J connectivity index is 2.04. The standard InChI is InChI=1S/C28H37ClN2O5/c1-4-36-24-16-15-20(17-25(24)35-3)27(28(33)30-22-12-7-5-6-8-13-22)31(26(32)18-29)19-21-11-9-10-14-23(21)34-2/h9-11,14-17,22,27H,4-8,12-13,18-19H2,1-3H3,(H,30,33)/t27-/m0/s1. The fourth-order valence-corrected chi connectivity index (χ4v) is 4.88. The van der Waals surface area contributed by atoms with Crippen LogP contribution in [-0.4, -0.2) is 49.5 Å². The molecule has 0 saturated heterocycles. The van der Waals surface area contributed by atoms with Gasteiger partial charge in [-0.3, -0.25) is 9.59 Å². The Hall–Kier alpha value is -2.93. The minimum Gasteiger partial charge on any atom is -0.496 e. The summed E-state index contributed by atoms with van der Waals surface area (Å²) in [6.45, 7) is 2.53. The number of carbonyl (C=O) groups excluding carboxylic acids is 2. The summed E-state index contributed by atoms with van der Waals surface area (Å²) in [6.07, 6.45) is 6.38. The first-order chi connectivity index (χ1) is 17.5. The Morgan fingerprint density at radius 2 is 1.69 bits per heavy atom. The highest BCUT2D eigenvalue weighted by molar-refractivity contribution is 6.27. The topological polar surface area (TPSA) is 77.1 Å². The van der Waals surface area contributed by atoms with Crippen LogP contribution in [0.4, 0.5) is 0 Å². The van der Waals surface area contributed by atoms with Crippen LogP contribution < -0.4 is 19.5 Å². The first-order valence-electron chi connectivity index (χ1n) is 12.6. The number of hydrogen-bond acceptors (Lipinski definition) is 5. The zero-order valence-corrected chi connectivity index (χ0v) is 22.2. The molecule has 196 valence electrons. The number of amides is 2. The molecule has 0 unspecified atom stereocenters. The number of carbonyl (C=O) groups is 2. The molecule has 7 nitrogen and oxygen atoms in total. The van der Waals surface area contributed by atoms with Crippen molar-refractivity contribution in [1.82, 2.24) is 10.2 Å². The summed E-state index contributed by atoms with van der Waals surface area (Å²) in [5, 5.41) is 3.23. The van der Waals surface area contributed by atoms with Crippen molar-refractivity contribution in [3.63, 3.8) is 0 Å². The molecule has 2 aromatic rings. The molecule has 0 aromatic heterocycles. The third kappa shape index (κ3) is 7.06. The van der Waals surface area contributed by atoms with Crippen molar-refractivity contribution in [1.29, 1.82) is 0 Å². The Labute approximate surface area is 219 Å². The highest BCUT2D eigenvalue weighted by Gasteiger charge is 2.33. The van der Waals surface area contributed by atoms with Crippen LogP contribution in [0.25, 0.3) is 0 Å². The first kappa shape index (κ1) is 27.7. The maximum Gasteiger partial charge on any atom is 0.247 e. The van der Waals surface area contributed by atoms with Gasteiger partial charge >= 0.3 is 0 Å². The minimum absolute atomic E-state index is 0.0753. The van der Waals surface area contributed by atoms with E-state index in [-0.39, 0.29) is 30.3 Å². The lowest BCUT2D eigenvalue weighted by Crippen LogP contribution is -2.46. The summed E-state index contributed by atoms with van der Waals surface area (Å²) in [5.74, 6) is 0.870. The van der Waals surface area contributed by atoms with Gasteiger partial charge in [0.05, 0.1) is 27.4 Å². The lowest BCUT2D eigenvalue weighted by molar-refractivity contribution is -0.140. The van der Waals surface area contributed by atoms with Crippen LogP contribution in [0.3, 0.4) is 0 Å². The molecule has 1 saturated carbocycles. The summed E-state index contributed by atoms with van der Waals surface area (Å²) in [4.78, 5) is 28.6. The van der Waals surface area contributed by atoms with Gasteiger partial charge in [0.2, 0.25) is 11.8 Å². The quantitative estimate of drug-likeness (QED) is 0.326. The van der Waals surface area contributed by atoms with Gasteiger partial charge in [0.25, 0.3) is 0 Å². The fourth-order valence-electron chi connectivity index (χ4n) is 4.72. The molecule has 8 heteroatoms. The van der Waals surface area contributed by atoms with Crippen LogP contribution in [0.1, 0.15) is 62.6 Å². The molecule has 1 aliphatic rings. The van der Waals surface area contributed by atoms with E-state index in [1.807, 2.05) is 37.3 Å². The van der Waals surface area contributed by atoms with E-state index in [9.17, 15) is 9.59 Å². The van der Waals surface area contributed by atoms with Crippen LogP contribution in [-0.2, 0) is 16.1 Å². The molecule has 0 spiro atoms. The highest BCUT2D eigenvalue weighted by atomic mass is 35.5. The number of ether oxygens (including phenoxy) is 3. The summed E-state index contributed by atoms with van der Waals surface area (Å²) in [6, 6.07) is 12.0. The lowest BCUT2D eigenvalue weighted by atomic mass is 10.0. The molecule has 1 atom stereocenters. The largest absolute Gasteiger partial charge is 0.496 e. The molecule has 1 aliphatic carbocycles. The van der Waals surface area contributed by atoms with Gasteiger partial charge in [-0.1, -0.05) is 49.9 Å². The molecule has 2 amide bonds. The minimum atomic E-state index is -0.908. The lowest BCUT2D eigenvalue weighted by Gasteiger charge is -2.33. The second-order valence-electron chi connectivity index (χ2n) is 8.91. The zero-order valence-electron chi connectivity index (χ0n) is 21.4. The van der Waals surface area contributed by atoms with Gasteiger partial charge in [0, 0.05) is 11.6 Å². The number of hydrogen-bond donors (Lipinski definition) is 1. The van der Waals surface area contributed by atoms with Crippen molar-refractivity contribution in [2.24, 2.45) is 0 Å². The van der Waals surface area contributed by atoms with E-state index in [0.29, 0.717) is 29.4 Å². The summed E-state index contributed by atoms with van der Waals surface area (Å²) < 4.78 is 16.7. The Kier molecular flexibility index (Phi) is 10.7. The molecule has 3 rings (SSSR count). The molecular formula is C28H37ClN2O5. The van der Waals surface area contributed by atoms with E-state index in [1.54, 1.807) is 26.4 Å². The van der Waals surface area contributed by atoms with Crippen LogP contribution >= 0.6 is 11.6 Å². The van der Waals surface area contributed by atoms with Gasteiger partial charge in [0.15, 0.2) is 11.5 Å². The van der Waals surface area contributed by atoms with Gasteiger partial charge in [-0.15, -0.1) is 11.6 Å². The third-order valence-electron chi connectivity index (χ3n) is 6.53. The SMILES string of the molecule is CCOc1ccc([C@@H](C(=O)NC2CCCCCC2)N(Cc2ccccc2OC)C(=O)CCl)cc1OC. The smallest absolute Gasteiger partial charge is 0.247 e. The van der Waals surface area contributed by atoms with Crippen LogP contribution in [0.2, 0.25) is 0 Å². The average molecular weight is 517 g/mol. The van der Waals surface area contributed by atoms with Gasteiger partial charge < -0.3 is 24.4 Å². The monoisotopic (exact) mass is 516 g/mol. The first-order valence-corrected chi connectivity index (χ1v) is 13.1. The highest BCUT2D eigenvalue weighted by Crippen LogP contribution is 2.34. The van der Waals surface area contributed by atoms with E-state index in [0.717, 1.165) is 31.2 Å². The second kappa shape index (κ2) is 14.0. The number of benzene rings is 2. The average Bonchev–Trinajstić information content (AvgIpc) is 3.17. The van der Waals surface area contributed by atoms with Crippen LogP contribution in [0.5, 0.6) is 17.2 Å². The number of nitrogens with one attached hydrogen (secondary N) is 1. The van der Waals surface area contributed by atoms with Gasteiger partial charge in [-0.2, -0.15) is 0 Å². The molecular weight excluding hydrogens is 480 g/mol. The molecule has 1 fully saturated rings. The zero-order chi connectivity index (χ0) is 25.9. The molecule has 0 aliphatic heterocycles. The molecule has 1 N–H and O–H groups in total. The van der Waals surface area contributed by atoms with Gasteiger partial charge in [0.1, 0.15) is 17.7 Å². The second-order valence-corrected chi connectivity index (χ2v) is 9.18. The van der Waals surface area contributed by atoms with Gasteiger partial charge in [-0.05, 0) is 43.5 Å². The van der Waals surface area contributed by atoms with Gasteiger partial charge in [-0.25, -0.2) is 0 Å². The molecule has 0 heterocycles. The normalized spacial score (nSPS) is 14.9. The van der Waals surface area contributed by atoms with Crippen LogP contribution in [0, 0.1) is 0 Å². The van der Waals surface area contributed by atoms with E-state index in [1.165, 1.54) is 17.7 Å². The van der Waals surface area contributed by atoms with E-state index in [4.69, 9.17) is 25.8 Å². The predicted octanol–water partition coefficient (Wildman–Crippen LogP) is 5.25. The Bertz CT molecular complexity index is 1010. The van der Waals surface area contributed by atoms with Crippen molar-refractivity contribution in [2.75, 3.05) is 26.7 Å². The summed E-state index contributed by atoms with van der Waals surface area (Å²) in [5.41, 5.74) is 1.40. The summed E-state index contributed by atoms with van der Waals surface area (Å²) in [7, 11) is 3.14. The number of halogens is 1. The fraction of sp³-hybridized carbons (Fsp3) is 0.500. The van der Waals surface area contributed by atoms with Crippen molar-refractivity contribution >= 4 is 23.4 Å².